The van der Waals surface area contributed by atoms with Crippen LogP contribution >= 0.6 is 0 Å². The number of fused-ring (bicyclic) bond motifs is 1. The van der Waals surface area contributed by atoms with Crippen molar-refractivity contribution in [2.24, 2.45) is 0 Å². The highest BCUT2D eigenvalue weighted by Crippen LogP contribution is 2.08. The van der Waals surface area contributed by atoms with Crippen molar-refractivity contribution >= 4 is 11.6 Å². The average Bonchev–Trinajstić information content (AvgIpc) is 2.78. The fraction of sp³-hybridized carbons (Fsp3) is 0.154. The van der Waals surface area contributed by atoms with Crippen LogP contribution < -0.4 is 5.32 Å². The second-order valence-electron chi connectivity index (χ2n) is 4.21. The predicted molar refractivity (Wildman–Crippen MR) is 69.2 cm³/mol. The van der Waals surface area contributed by atoms with E-state index in [1.807, 2.05) is 25.1 Å². The van der Waals surface area contributed by atoms with Crippen molar-refractivity contribution in [3.8, 4) is 0 Å². The Balaban J connectivity index is 1.78. The first-order valence-corrected chi connectivity index (χ1v) is 5.89. The minimum Gasteiger partial charge on any atom is -0.347 e. The topological polar surface area (TPSA) is 55.1 Å². The number of anilines is 1. The molecule has 0 aliphatic carbocycles. The summed E-state index contributed by atoms with van der Waals surface area (Å²) in [5.41, 5.74) is 2.47. The summed E-state index contributed by atoms with van der Waals surface area (Å²) in [5, 5.41) is 7.21. The number of aryl methyl sites for hydroxylation is 1. The number of nitrogens with zero attached hydrogens (tertiary/aromatic N) is 4. The molecule has 0 spiro atoms. The molecule has 0 atom stereocenters. The quantitative estimate of drug-likeness (QED) is 0.781. The Morgan fingerprint density at radius 2 is 2.11 bits per heavy atom. The van der Waals surface area contributed by atoms with Gasteiger partial charge in [-0.05, 0) is 31.2 Å². The van der Waals surface area contributed by atoms with Crippen LogP contribution in [0, 0.1) is 12.7 Å². The molecular formula is C13H12FN5. The monoisotopic (exact) mass is 257 g/mol. The highest BCUT2D eigenvalue weighted by atomic mass is 19.1. The summed E-state index contributed by atoms with van der Waals surface area (Å²) in [4.78, 5) is 8.61. The van der Waals surface area contributed by atoms with Gasteiger partial charge in [0.15, 0.2) is 5.65 Å². The van der Waals surface area contributed by atoms with Crippen LogP contribution in [0.25, 0.3) is 5.65 Å². The molecule has 0 aromatic carbocycles. The van der Waals surface area contributed by atoms with Crippen LogP contribution in [-0.2, 0) is 6.54 Å². The normalized spacial score (nSPS) is 10.8. The molecule has 5 nitrogen and oxygen atoms in total. The third kappa shape index (κ3) is 2.52. The van der Waals surface area contributed by atoms with E-state index in [4.69, 9.17) is 0 Å². The van der Waals surface area contributed by atoms with Gasteiger partial charge in [0.25, 0.3) is 0 Å². The summed E-state index contributed by atoms with van der Waals surface area (Å²) >= 11 is 0. The van der Waals surface area contributed by atoms with Crippen LogP contribution in [0.1, 0.15) is 11.4 Å². The molecule has 1 N–H and O–H groups in total. The highest BCUT2D eigenvalue weighted by Gasteiger charge is 2.04. The van der Waals surface area contributed by atoms with Crippen LogP contribution in [-0.4, -0.2) is 19.6 Å². The van der Waals surface area contributed by atoms with Crippen molar-refractivity contribution in [1.82, 2.24) is 19.6 Å². The van der Waals surface area contributed by atoms with Gasteiger partial charge in [-0.3, -0.25) is 4.98 Å². The first-order chi connectivity index (χ1) is 9.20. The molecular weight excluding hydrogens is 245 g/mol. The van der Waals surface area contributed by atoms with Crippen molar-refractivity contribution in [2.45, 2.75) is 13.5 Å². The van der Waals surface area contributed by atoms with Crippen molar-refractivity contribution < 1.29 is 4.39 Å². The average molecular weight is 257 g/mol. The fourth-order valence-electron chi connectivity index (χ4n) is 1.80. The van der Waals surface area contributed by atoms with Crippen LogP contribution in [0.2, 0.25) is 0 Å². The zero-order chi connectivity index (χ0) is 13.2. The van der Waals surface area contributed by atoms with Gasteiger partial charge in [0.1, 0.15) is 5.82 Å². The molecule has 3 aromatic heterocycles. The lowest BCUT2D eigenvalue weighted by molar-refractivity contribution is 0.615. The number of hydrogen-bond donors (Lipinski definition) is 1. The van der Waals surface area contributed by atoms with Crippen molar-refractivity contribution in [3.05, 3.63) is 53.7 Å². The Morgan fingerprint density at radius 3 is 2.95 bits per heavy atom. The van der Waals surface area contributed by atoms with E-state index in [1.54, 1.807) is 6.07 Å². The van der Waals surface area contributed by atoms with Crippen molar-refractivity contribution in [2.75, 3.05) is 5.32 Å². The van der Waals surface area contributed by atoms with E-state index in [-0.39, 0.29) is 5.82 Å². The van der Waals surface area contributed by atoms with E-state index in [0.29, 0.717) is 18.1 Å². The number of hydrogen-bond acceptors (Lipinski definition) is 4. The minimum atomic E-state index is -0.343. The molecule has 96 valence electrons. The summed E-state index contributed by atoms with van der Waals surface area (Å²) in [6, 6.07) is 8.76. The summed E-state index contributed by atoms with van der Waals surface area (Å²) < 4.78 is 14.4. The molecule has 0 saturated heterocycles. The van der Waals surface area contributed by atoms with E-state index in [1.165, 1.54) is 16.8 Å². The maximum absolute atomic E-state index is 13.0. The number of rotatable bonds is 3. The Kier molecular flexibility index (Phi) is 2.83. The minimum absolute atomic E-state index is 0.343. The first kappa shape index (κ1) is 11.6. The maximum atomic E-state index is 13.0. The molecule has 19 heavy (non-hydrogen) atoms. The fourth-order valence-corrected chi connectivity index (χ4v) is 1.80. The Morgan fingerprint density at radius 1 is 1.21 bits per heavy atom. The lowest BCUT2D eigenvalue weighted by Crippen LogP contribution is -2.03. The summed E-state index contributed by atoms with van der Waals surface area (Å²) in [7, 11) is 0. The summed E-state index contributed by atoms with van der Waals surface area (Å²) in [6.07, 6.45) is 1.29. The molecule has 3 rings (SSSR count). The molecule has 0 aliphatic heterocycles. The molecule has 0 unspecified atom stereocenters. The molecule has 6 heteroatoms. The number of halogens is 1. The van der Waals surface area contributed by atoms with Gasteiger partial charge < -0.3 is 5.32 Å². The molecule has 0 amide bonds. The van der Waals surface area contributed by atoms with Crippen LogP contribution in [0.5, 0.6) is 0 Å². The van der Waals surface area contributed by atoms with Gasteiger partial charge in [0.2, 0.25) is 5.95 Å². The van der Waals surface area contributed by atoms with Gasteiger partial charge >= 0.3 is 0 Å². The lowest BCUT2D eigenvalue weighted by atomic mass is 10.3. The third-order valence-electron chi connectivity index (χ3n) is 2.67. The Labute approximate surface area is 109 Å². The summed E-state index contributed by atoms with van der Waals surface area (Å²) in [5.74, 6) is 0.109. The summed E-state index contributed by atoms with van der Waals surface area (Å²) in [6.45, 7) is 2.47. The third-order valence-corrected chi connectivity index (χ3v) is 2.67. The highest BCUT2D eigenvalue weighted by molar-refractivity contribution is 5.43. The molecule has 3 aromatic rings. The molecule has 0 radical (unpaired) electrons. The first-order valence-electron chi connectivity index (χ1n) is 5.89. The Hall–Kier alpha value is -2.50. The van der Waals surface area contributed by atoms with Crippen LogP contribution in [0.3, 0.4) is 0 Å². The maximum Gasteiger partial charge on any atom is 0.243 e. The van der Waals surface area contributed by atoms with E-state index in [2.05, 4.69) is 20.4 Å². The van der Waals surface area contributed by atoms with Crippen molar-refractivity contribution in [3.63, 3.8) is 0 Å². The SMILES string of the molecule is Cc1cccc(CNc2nc3ccc(F)cn3n2)n1. The van der Waals surface area contributed by atoms with Crippen molar-refractivity contribution in [1.29, 1.82) is 0 Å². The van der Waals surface area contributed by atoms with E-state index in [0.717, 1.165) is 11.4 Å². The second kappa shape index (κ2) is 4.64. The van der Waals surface area contributed by atoms with E-state index >= 15 is 0 Å². The van der Waals surface area contributed by atoms with Crippen LogP contribution in [0.15, 0.2) is 36.5 Å². The predicted octanol–water partition coefficient (Wildman–Crippen LogP) is 2.18. The molecule has 0 bridgehead atoms. The number of aromatic nitrogens is 4. The molecule has 0 fully saturated rings. The molecule has 3 heterocycles. The van der Waals surface area contributed by atoms with Gasteiger partial charge in [-0.15, -0.1) is 5.10 Å². The molecule has 0 saturated carbocycles. The largest absolute Gasteiger partial charge is 0.347 e. The zero-order valence-corrected chi connectivity index (χ0v) is 10.3. The molecule has 0 aliphatic rings. The smallest absolute Gasteiger partial charge is 0.243 e. The zero-order valence-electron chi connectivity index (χ0n) is 10.3. The van der Waals surface area contributed by atoms with E-state index < -0.39 is 0 Å². The Bertz CT molecular complexity index is 722. The van der Waals surface area contributed by atoms with Gasteiger partial charge in [0, 0.05) is 5.69 Å². The standard InChI is InChI=1S/C13H12FN5/c1-9-3-2-4-11(16-9)7-15-13-17-12-6-5-10(14)8-19(12)18-13/h2-6,8H,7H2,1H3,(H,15,18). The number of pyridine rings is 2. The van der Waals surface area contributed by atoms with E-state index in [9.17, 15) is 4.39 Å². The van der Waals surface area contributed by atoms with Gasteiger partial charge in [0.05, 0.1) is 18.4 Å². The lowest BCUT2D eigenvalue weighted by Gasteiger charge is -2.01. The van der Waals surface area contributed by atoms with Gasteiger partial charge in [-0.1, -0.05) is 6.07 Å². The second-order valence-corrected chi connectivity index (χ2v) is 4.21. The van der Waals surface area contributed by atoms with Crippen LogP contribution in [0.4, 0.5) is 10.3 Å². The van der Waals surface area contributed by atoms with Gasteiger partial charge in [-0.25, -0.2) is 8.91 Å². The van der Waals surface area contributed by atoms with Gasteiger partial charge in [-0.2, -0.15) is 4.98 Å². The number of nitrogens with one attached hydrogen (secondary N) is 1.